The van der Waals surface area contributed by atoms with Crippen molar-refractivity contribution in [2.24, 2.45) is 19.8 Å². The first-order valence-corrected chi connectivity index (χ1v) is 15.1. The van der Waals surface area contributed by atoms with Crippen molar-refractivity contribution in [3.8, 4) is 22.8 Å². The van der Waals surface area contributed by atoms with Crippen LogP contribution in [0.2, 0.25) is 0 Å². The average Bonchev–Trinajstić information content (AvgIpc) is 3.72. The van der Waals surface area contributed by atoms with Crippen molar-refractivity contribution in [3.63, 3.8) is 0 Å². The van der Waals surface area contributed by atoms with Gasteiger partial charge >= 0.3 is 18.3 Å². The number of carboxylic acid groups (broad SMARTS) is 1. The van der Waals surface area contributed by atoms with Gasteiger partial charge in [-0.25, -0.2) is 4.79 Å². The van der Waals surface area contributed by atoms with E-state index in [0.29, 0.717) is 33.4 Å². The monoisotopic (exact) mass is 723 g/mol. The van der Waals surface area contributed by atoms with Crippen LogP contribution in [-0.4, -0.2) is 57.4 Å². The predicted molar refractivity (Wildman–Crippen MR) is 172 cm³/mol. The molecule has 3 N–H and O–H groups in total. The maximum absolute atomic E-state index is 12.9. The maximum Gasteiger partial charge on any atom is 0.416 e. The van der Waals surface area contributed by atoms with Gasteiger partial charge < -0.3 is 10.8 Å². The molecular formula is C34H27F6N9O3. The molecule has 1 amide bonds. The molecule has 52 heavy (non-hydrogen) atoms. The number of halogens is 6. The molecule has 12 nitrogen and oxygen atoms in total. The van der Waals surface area contributed by atoms with E-state index in [4.69, 9.17) is 5.73 Å². The second-order valence-corrected chi connectivity index (χ2v) is 11.4. The van der Waals surface area contributed by atoms with Gasteiger partial charge in [-0.05, 0) is 81.9 Å². The van der Waals surface area contributed by atoms with Gasteiger partial charge in [0.25, 0.3) is 0 Å². The molecule has 6 rings (SSSR count). The lowest BCUT2D eigenvalue weighted by molar-refractivity contribution is -0.138. The van der Waals surface area contributed by atoms with Gasteiger partial charge in [-0.2, -0.15) is 35.9 Å². The van der Waals surface area contributed by atoms with Crippen LogP contribution in [0.15, 0.2) is 84.9 Å². The number of rotatable bonds is 8. The van der Waals surface area contributed by atoms with E-state index in [1.165, 1.54) is 46.0 Å². The third-order valence-electron chi connectivity index (χ3n) is 7.55. The summed E-state index contributed by atoms with van der Waals surface area (Å²) in [4.78, 5) is 25.1. The molecule has 0 saturated heterocycles. The lowest BCUT2D eigenvalue weighted by atomic mass is 9.96. The molecule has 0 unspecified atom stereocenters. The summed E-state index contributed by atoms with van der Waals surface area (Å²) in [5, 5.41) is 32.6. The van der Waals surface area contributed by atoms with Crippen molar-refractivity contribution in [3.05, 3.63) is 129 Å². The van der Waals surface area contributed by atoms with Crippen molar-refractivity contribution in [1.82, 2.24) is 40.4 Å². The van der Waals surface area contributed by atoms with Crippen molar-refractivity contribution in [2.75, 3.05) is 0 Å². The Bertz CT molecular complexity index is 2090. The number of nitrogens with zero attached hydrogens (tertiary/aromatic N) is 8. The highest BCUT2D eigenvalue weighted by Crippen LogP contribution is 2.32. The van der Waals surface area contributed by atoms with Crippen LogP contribution in [0, 0.1) is 0 Å². The molecule has 0 bridgehead atoms. The SMILES string of the molecule is Cn1nnc(-c2cc(C(=O)O)ccc2Cc2cccc(C(F)(F)F)c2)n1.Cn1nnc(-c2cc(C(N)=O)ccc2Cc2cccc(C(F)(F)F)c2)n1. The zero-order chi connectivity index (χ0) is 37.8. The number of hydrogen-bond acceptors (Lipinski definition) is 8. The molecule has 2 heterocycles. The van der Waals surface area contributed by atoms with Gasteiger partial charge in [0.1, 0.15) is 0 Å². The number of carboxylic acids is 1. The largest absolute Gasteiger partial charge is 0.478 e. The number of tetrazole rings is 2. The molecular weight excluding hydrogens is 696 g/mol. The Morgan fingerprint density at radius 3 is 1.44 bits per heavy atom. The second kappa shape index (κ2) is 14.8. The molecule has 6 aromatic rings. The van der Waals surface area contributed by atoms with Gasteiger partial charge in [-0.1, -0.05) is 48.5 Å². The normalized spacial score (nSPS) is 11.5. The number of carbonyl (C=O) groups excluding carboxylic acids is 1. The standard InChI is InChI=1S/C17H14F3N5O.C17H13F3N4O2/c1-25-23-16(22-24-25)14-9-12(15(21)26)6-5-11(14)7-10-3-2-4-13(8-10)17(18,19)20;1-24-22-15(21-23-24)14-9-12(16(25)26)6-5-11(14)7-10-3-2-4-13(8-10)17(18,19)20/h2-6,8-9H,7H2,1H3,(H2,21,26);2-6,8-9H,7H2,1H3,(H,25,26). The fourth-order valence-electron chi connectivity index (χ4n) is 5.10. The summed E-state index contributed by atoms with van der Waals surface area (Å²) >= 11 is 0. The first-order chi connectivity index (χ1) is 24.5. The minimum atomic E-state index is -4.43. The van der Waals surface area contributed by atoms with Gasteiger partial charge in [-0.15, -0.1) is 20.4 Å². The van der Waals surface area contributed by atoms with Crippen molar-refractivity contribution in [1.29, 1.82) is 0 Å². The van der Waals surface area contributed by atoms with E-state index in [-0.39, 0.29) is 35.6 Å². The van der Waals surface area contributed by atoms with Crippen LogP contribution in [0.1, 0.15) is 54.1 Å². The highest BCUT2D eigenvalue weighted by Gasteiger charge is 2.31. The minimum Gasteiger partial charge on any atom is -0.478 e. The number of primary amides is 1. The summed E-state index contributed by atoms with van der Waals surface area (Å²) in [5.74, 6) is -1.28. The molecule has 0 aliphatic rings. The molecule has 268 valence electrons. The molecule has 0 saturated carbocycles. The topological polar surface area (TPSA) is 168 Å². The van der Waals surface area contributed by atoms with E-state index in [0.717, 1.165) is 24.3 Å². The summed E-state index contributed by atoms with van der Waals surface area (Å²) in [7, 11) is 3.14. The summed E-state index contributed by atoms with van der Waals surface area (Å²) in [6.07, 6.45) is -8.48. The number of nitrogens with two attached hydrogens (primary N) is 1. The third kappa shape index (κ3) is 9.01. The quantitative estimate of drug-likeness (QED) is 0.185. The van der Waals surface area contributed by atoms with Crippen molar-refractivity contribution in [2.45, 2.75) is 25.2 Å². The number of aromatic nitrogens is 8. The summed E-state index contributed by atoms with van der Waals surface area (Å²) in [6.45, 7) is 0. The lowest BCUT2D eigenvalue weighted by Gasteiger charge is -2.11. The van der Waals surface area contributed by atoms with E-state index < -0.39 is 35.4 Å². The molecule has 18 heteroatoms. The first kappa shape index (κ1) is 36.8. The molecule has 0 spiro atoms. The molecule has 0 aliphatic heterocycles. The van der Waals surface area contributed by atoms with Crippen molar-refractivity contribution < 1.29 is 41.0 Å². The Morgan fingerprint density at radius 1 is 0.654 bits per heavy atom. The van der Waals surface area contributed by atoms with Crippen LogP contribution in [0.4, 0.5) is 26.3 Å². The third-order valence-corrected chi connectivity index (χ3v) is 7.55. The van der Waals surface area contributed by atoms with Crippen LogP contribution in [0.5, 0.6) is 0 Å². The number of carbonyl (C=O) groups is 2. The van der Waals surface area contributed by atoms with E-state index >= 15 is 0 Å². The van der Waals surface area contributed by atoms with Crippen LogP contribution in [0.25, 0.3) is 22.8 Å². The lowest BCUT2D eigenvalue weighted by Crippen LogP contribution is -2.11. The van der Waals surface area contributed by atoms with Gasteiger partial charge in [0.05, 0.1) is 30.8 Å². The van der Waals surface area contributed by atoms with E-state index in [1.54, 1.807) is 38.4 Å². The zero-order valence-electron chi connectivity index (χ0n) is 27.2. The van der Waals surface area contributed by atoms with Crippen LogP contribution in [-0.2, 0) is 39.3 Å². The molecule has 0 radical (unpaired) electrons. The van der Waals surface area contributed by atoms with Gasteiger partial charge in [0.2, 0.25) is 17.6 Å². The fraction of sp³-hybridized carbons (Fsp3) is 0.176. The summed E-state index contributed by atoms with van der Waals surface area (Å²) in [5.41, 5.74) is 7.20. The fourth-order valence-corrected chi connectivity index (χ4v) is 5.10. The summed E-state index contributed by atoms with van der Waals surface area (Å²) in [6, 6.07) is 19.1. The number of alkyl halides is 6. The Labute approximate surface area is 290 Å². The highest BCUT2D eigenvalue weighted by atomic mass is 19.4. The first-order valence-electron chi connectivity index (χ1n) is 15.1. The van der Waals surface area contributed by atoms with Crippen LogP contribution in [0.3, 0.4) is 0 Å². The molecule has 0 atom stereocenters. The van der Waals surface area contributed by atoms with Gasteiger partial charge in [0.15, 0.2) is 0 Å². The number of aryl methyl sites for hydroxylation is 2. The number of hydrogen-bond donors (Lipinski definition) is 2. The number of amides is 1. The van der Waals surface area contributed by atoms with Crippen LogP contribution < -0.4 is 5.73 Å². The Kier molecular flexibility index (Phi) is 10.5. The molecule has 2 aromatic heterocycles. The highest BCUT2D eigenvalue weighted by molar-refractivity contribution is 5.94. The van der Waals surface area contributed by atoms with Gasteiger partial charge in [0, 0.05) is 16.7 Å². The average molecular weight is 724 g/mol. The molecule has 0 aliphatic carbocycles. The van der Waals surface area contributed by atoms with E-state index in [1.807, 2.05) is 0 Å². The number of benzene rings is 4. The van der Waals surface area contributed by atoms with E-state index in [2.05, 4.69) is 30.8 Å². The smallest absolute Gasteiger partial charge is 0.416 e. The molecule has 0 fully saturated rings. The maximum atomic E-state index is 12.9. The Morgan fingerprint density at radius 2 is 1.08 bits per heavy atom. The minimum absolute atomic E-state index is 0.0280. The van der Waals surface area contributed by atoms with Crippen LogP contribution >= 0.6 is 0 Å². The second-order valence-electron chi connectivity index (χ2n) is 11.4. The van der Waals surface area contributed by atoms with Gasteiger partial charge in [-0.3, -0.25) is 4.79 Å². The summed E-state index contributed by atoms with van der Waals surface area (Å²) < 4.78 is 77.4. The van der Waals surface area contributed by atoms with Crippen molar-refractivity contribution >= 4 is 11.9 Å². The Balaban J connectivity index is 0.000000201. The zero-order valence-corrected chi connectivity index (χ0v) is 27.2. The number of aromatic carboxylic acids is 1. The van der Waals surface area contributed by atoms with E-state index in [9.17, 15) is 41.0 Å². The Hall–Kier alpha value is -6.46. The predicted octanol–water partition coefficient (Wildman–Crippen LogP) is 5.77. The molecule has 4 aromatic carbocycles.